The van der Waals surface area contributed by atoms with Crippen molar-refractivity contribution in [2.45, 2.75) is 13.5 Å². The van der Waals surface area contributed by atoms with E-state index in [1.165, 1.54) is 11.5 Å². The number of carbonyl (C=O) groups is 1. The Balaban J connectivity index is 2.21. The SMILES string of the molecule is Cc1nc(-c2cc(F)cc(F)c2)n(Cc2cc(Cl)ccc2Cl)c1C(=O)O. The van der Waals surface area contributed by atoms with Gasteiger partial charge in [-0.3, -0.25) is 0 Å². The predicted octanol–water partition coefficient (Wildman–Crippen LogP) is 5.19. The van der Waals surface area contributed by atoms with Gasteiger partial charge in [0.1, 0.15) is 17.5 Å². The molecule has 0 spiro atoms. The number of benzene rings is 2. The molecule has 0 aliphatic heterocycles. The number of aromatic nitrogens is 2. The maximum absolute atomic E-state index is 13.6. The van der Waals surface area contributed by atoms with E-state index in [0.29, 0.717) is 15.6 Å². The molecule has 0 saturated carbocycles. The molecule has 0 amide bonds. The highest BCUT2D eigenvalue weighted by molar-refractivity contribution is 6.33. The molecule has 1 heterocycles. The molecule has 0 radical (unpaired) electrons. The van der Waals surface area contributed by atoms with Gasteiger partial charge in [0.2, 0.25) is 0 Å². The van der Waals surface area contributed by atoms with Crippen molar-refractivity contribution in [1.82, 2.24) is 9.55 Å². The van der Waals surface area contributed by atoms with Crippen LogP contribution in [0, 0.1) is 18.6 Å². The highest BCUT2D eigenvalue weighted by Crippen LogP contribution is 2.28. The number of carboxylic acid groups (broad SMARTS) is 1. The molecule has 4 nitrogen and oxygen atoms in total. The molecule has 0 saturated heterocycles. The molecular weight excluding hydrogens is 385 g/mol. The minimum atomic E-state index is -1.21. The number of imidazole rings is 1. The van der Waals surface area contributed by atoms with Gasteiger partial charge in [0.05, 0.1) is 12.2 Å². The molecule has 0 aliphatic rings. The Morgan fingerprint density at radius 2 is 1.81 bits per heavy atom. The number of hydrogen-bond acceptors (Lipinski definition) is 2. The van der Waals surface area contributed by atoms with Crippen LogP contribution in [0.5, 0.6) is 0 Å². The second-order valence-corrected chi connectivity index (χ2v) is 6.50. The van der Waals surface area contributed by atoms with Crippen molar-refractivity contribution in [3.63, 3.8) is 0 Å². The molecule has 2 aromatic carbocycles. The summed E-state index contributed by atoms with van der Waals surface area (Å²) in [5, 5.41) is 10.4. The number of halogens is 4. The summed E-state index contributed by atoms with van der Waals surface area (Å²) in [6.45, 7) is 1.54. The van der Waals surface area contributed by atoms with E-state index < -0.39 is 17.6 Å². The lowest BCUT2D eigenvalue weighted by Gasteiger charge is -2.12. The van der Waals surface area contributed by atoms with Crippen LogP contribution in [0.25, 0.3) is 11.4 Å². The summed E-state index contributed by atoms with van der Waals surface area (Å²) < 4.78 is 28.6. The summed E-state index contributed by atoms with van der Waals surface area (Å²) in [5.74, 6) is -2.67. The second kappa shape index (κ2) is 7.05. The molecule has 1 N–H and O–H groups in total. The normalized spacial score (nSPS) is 11.0. The van der Waals surface area contributed by atoms with Gasteiger partial charge in [-0.05, 0) is 42.8 Å². The molecule has 26 heavy (non-hydrogen) atoms. The number of hydrogen-bond donors (Lipinski definition) is 1. The van der Waals surface area contributed by atoms with Gasteiger partial charge in [-0.2, -0.15) is 0 Å². The largest absolute Gasteiger partial charge is 0.477 e. The van der Waals surface area contributed by atoms with Gasteiger partial charge in [0, 0.05) is 21.7 Å². The van der Waals surface area contributed by atoms with Crippen molar-refractivity contribution in [3.8, 4) is 11.4 Å². The first-order chi connectivity index (χ1) is 12.3. The molecule has 0 fully saturated rings. The average Bonchev–Trinajstić information content (AvgIpc) is 2.86. The van der Waals surface area contributed by atoms with E-state index in [1.54, 1.807) is 18.2 Å². The van der Waals surface area contributed by atoms with Crippen LogP contribution < -0.4 is 0 Å². The van der Waals surface area contributed by atoms with Crippen LogP contribution in [-0.2, 0) is 6.54 Å². The Morgan fingerprint density at radius 1 is 1.15 bits per heavy atom. The van der Waals surface area contributed by atoms with Crippen molar-refractivity contribution in [2.75, 3.05) is 0 Å². The van der Waals surface area contributed by atoms with E-state index in [1.807, 2.05) is 0 Å². The number of carboxylic acids is 1. The van der Waals surface area contributed by atoms with Crippen LogP contribution in [-0.4, -0.2) is 20.6 Å². The fourth-order valence-electron chi connectivity index (χ4n) is 2.74. The first-order valence-electron chi connectivity index (χ1n) is 7.47. The summed E-state index contributed by atoms with van der Waals surface area (Å²) >= 11 is 12.2. The number of rotatable bonds is 4. The smallest absolute Gasteiger partial charge is 0.354 e. The first-order valence-corrected chi connectivity index (χ1v) is 8.22. The van der Waals surface area contributed by atoms with E-state index in [-0.39, 0.29) is 29.3 Å². The summed E-state index contributed by atoms with van der Waals surface area (Å²) in [6, 6.07) is 7.70. The fourth-order valence-corrected chi connectivity index (χ4v) is 3.11. The quantitative estimate of drug-likeness (QED) is 0.659. The molecule has 3 aromatic rings. The van der Waals surface area contributed by atoms with E-state index in [2.05, 4.69) is 4.98 Å². The Kier molecular flexibility index (Phi) is 4.98. The molecular formula is C18H12Cl2F2N2O2. The average molecular weight is 397 g/mol. The zero-order valence-corrected chi connectivity index (χ0v) is 14.9. The monoisotopic (exact) mass is 396 g/mol. The van der Waals surface area contributed by atoms with Crippen LogP contribution in [0.4, 0.5) is 8.78 Å². The number of aryl methyl sites for hydroxylation is 1. The van der Waals surface area contributed by atoms with E-state index in [9.17, 15) is 18.7 Å². The highest BCUT2D eigenvalue weighted by atomic mass is 35.5. The van der Waals surface area contributed by atoms with Gasteiger partial charge >= 0.3 is 5.97 Å². The van der Waals surface area contributed by atoms with Gasteiger partial charge < -0.3 is 9.67 Å². The zero-order valence-electron chi connectivity index (χ0n) is 13.4. The Bertz CT molecular complexity index is 998. The molecule has 8 heteroatoms. The van der Waals surface area contributed by atoms with Crippen molar-refractivity contribution in [1.29, 1.82) is 0 Å². The number of nitrogens with zero attached hydrogens (tertiary/aromatic N) is 2. The molecule has 0 atom stereocenters. The van der Waals surface area contributed by atoms with Gasteiger partial charge in [-0.25, -0.2) is 18.6 Å². The maximum atomic E-state index is 13.6. The fraction of sp³-hybridized carbons (Fsp3) is 0.111. The standard InChI is InChI=1S/C18H12Cl2F2N2O2/c1-9-16(18(25)26)24(8-11-4-12(19)2-3-15(11)20)17(23-9)10-5-13(21)7-14(22)6-10/h2-7H,8H2,1H3,(H,25,26). The lowest BCUT2D eigenvalue weighted by atomic mass is 10.1. The first kappa shape index (κ1) is 18.4. The van der Waals surface area contributed by atoms with Gasteiger partial charge in [-0.15, -0.1) is 0 Å². The predicted molar refractivity (Wildman–Crippen MR) is 94.8 cm³/mol. The van der Waals surface area contributed by atoms with Crippen molar-refractivity contribution >= 4 is 29.2 Å². The lowest BCUT2D eigenvalue weighted by Crippen LogP contribution is -2.12. The van der Waals surface area contributed by atoms with Gasteiger partial charge in [-0.1, -0.05) is 23.2 Å². The van der Waals surface area contributed by atoms with Crippen LogP contribution >= 0.6 is 23.2 Å². The number of aromatic carboxylic acids is 1. The van der Waals surface area contributed by atoms with Crippen LogP contribution in [0.2, 0.25) is 10.0 Å². The van der Waals surface area contributed by atoms with E-state index in [0.717, 1.165) is 18.2 Å². The third-order valence-electron chi connectivity index (χ3n) is 3.80. The van der Waals surface area contributed by atoms with Crippen LogP contribution in [0.15, 0.2) is 36.4 Å². The summed E-state index contributed by atoms with van der Waals surface area (Å²) in [4.78, 5) is 15.9. The minimum absolute atomic E-state index is 0.0231. The van der Waals surface area contributed by atoms with Gasteiger partial charge in [0.15, 0.2) is 5.69 Å². The van der Waals surface area contributed by atoms with Gasteiger partial charge in [0.25, 0.3) is 0 Å². The molecule has 0 bridgehead atoms. The maximum Gasteiger partial charge on any atom is 0.354 e. The molecule has 134 valence electrons. The Hall–Kier alpha value is -2.44. The third-order valence-corrected chi connectivity index (χ3v) is 4.41. The summed E-state index contributed by atoms with van der Waals surface area (Å²) in [5.41, 5.74) is 0.796. The Labute approximate surface area is 157 Å². The van der Waals surface area contributed by atoms with E-state index >= 15 is 0 Å². The van der Waals surface area contributed by atoms with Crippen LogP contribution in [0.1, 0.15) is 21.7 Å². The lowest BCUT2D eigenvalue weighted by molar-refractivity contribution is 0.0685. The van der Waals surface area contributed by atoms with Crippen LogP contribution in [0.3, 0.4) is 0 Å². The van der Waals surface area contributed by atoms with Crippen molar-refractivity contribution < 1.29 is 18.7 Å². The summed E-state index contributed by atoms with van der Waals surface area (Å²) in [6.07, 6.45) is 0. The Morgan fingerprint density at radius 3 is 2.42 bits per heavy atom. The summed E-state index contributed by atoms with van der Waals surface area (Å²) in [7, 11) is 0. The highest BCUT2D eigenvalue weighted by Gasteiger charge is 2.22. The van der Waals surface area contributed by atoms with Crippen molar-refractivity contribution in [2.24, 2.45) is 0 Å². The molecule has 3 rings (SSSR count). The second-order valence-electron chi connectivity index (χ2n) is 5.65. The molecule has 1 aromatic heterocycles. The minimum Gasteiger partial charge on any atom is -0.477 e. The third kappa shape index (κ3) is 3.57. The molecule has 0 unspecified atom stereocenters. The zero-order chi connectivity index (χ0) is 19.0. The molecule has 0 aliphatic carbocycles. The van der Waals surface area contributed by atoms with E-state index in [4.69, 9.17) is 23.2 Å². The van der Waals surface area contributed by atoms with Crippen molar-refractivity contribution in [3.05, 3.63) is 75.0 Å². The topological polar surface area (TPSA) is 55.1 Å².